The van der Waals surface area contributed by atoms with Crippen LogP contribution in [0.25, 0.3) is 0 Å². The molecule has 2 aliphatic rings. The van der Waals surface area contributed by atoms with E-state index >= 15 is 0 Å². The van der Waals surface area contributed by atoms with Crippen LogP contribution in [-0.2, 0) is 19.1 Å². The quantitative estimate of drug-likeness (QED) is 0.478. The number of rotatable bonds is 4. The molecule has 0 bridgehead atoms. The van der Waals surface area contributed by atoms with Crippen LogP contribution >= 0.6 is 0 Å². The Labute approximate surface area is 118 Å². The normalized spacial score (nSPS) is 33.4. The second-order valence-corrected chi connectivity index (χ2v) is 5.85. The number of hydrogen-bond acceptors (Lipinski definition) is 5. The first-order chi connectivity index (χ1) is 9.28. The summed E-state index contributed by atoms with van der Waals surface area (Å²) < 4.78 is 10.1. The van der Waals surface area contributed by atoms with E-state index in [0.717, 1.165) is 0 Å². The lowest BCUT2D eigenvalue weighted by Crippen LogP contribution is -2.28. The summed E-state index contributed by atoms with van der Waals surface area (Å²) in [7, 11) is 0. The second-order valence-electron chi connectivity index (χ2n) is 5.85. The highest BCUT2D eigenvalue weighted by molar-refractivity contribution is 5.90. The lowest BCUT2D eigenvalue weighted by Gasteiger charge is -2.22. The second kappa shape index (κ2) is 5.40. The number of ether oxygens (including phenoxy) is 2. The van der Waals surface area contributed by atoms with E-state index in [9.17, 15) is 14.7 Å². The van der Waals surface area contributed by atoms with Crippen molar-refractivity contribution in [2.24, 2.45) is 11.8 Å². The Kier molecular flexibility index (Phi) is 3.99. The third kappa shape index (κ3) is 3.28. The molecule has 2 heterocycles. The summed E-state index contributed by atoms with van der Waals surface area (Å²) in [5.74, 6) is -0.907. The van der Waals surface area contributed by atoms with Crippen LogP contribution in [0, 0.1) is 11.8 Å². The van der Waals surface area contributed by atoms with Gasteiger partial charge in [0.25, 0.3) is 0 Å². The number of cyclic esters (lactones) is 2. The predicted molar refractivity (Wildman–Crippen MR) is 71.6 cm³/mol. The Morgan fingerprint density at radius 2 is 2.20 bits per heavy atom. The van der Waals surface area contributed by atoms with E-state index in [-0.39, 0.29) is 30.5 Å². The molecule has 0 aliphatic carbocycles. The van der Waals surface area contributed by atoms with Crippen molar-refractivity contribution in [3.63, 3.8) is 0 Å². The summed E-state index contributed by atoms with van der Waals surface area (Å²) in [4.78, 5) is 22.5. The van der Waals surface area contributed by atoms with Crippen LogP contribution in [-0.4, -0.2) is 35.4 Å². The van der Waals surface area contributed by atoms with E-state index in [1.165, 1.54) is 0 Å². The molecule has 2 fully saturated rings. The lowest BCUT2D eigenvalue weighted by atomic mass is 9.92. The van der Waals surface area contributed by atoms with Crippen molar-refractivity contribution in [2.45, 2.75) is 38.4 Å². The van der Waals surface area contributed by atoms with Gasteiger partial charge in [0.1, 0.15) is 12.7 Å². The highest BCUT2D eigenvalue weighted by Crippen LogP contribution is 2.29. The molecular weight excluding hydrogens is 260 g/mol. The third-order valence-corrected chi connectivity index (χ3v) is 3.73. The number of carbonyl (C=O) groups is 2. The Bertz CT molecular complexity index is 463. The van der Waals surface area contributed by atoms with Crippen molar-refractivity contribution in [1.82, 2.24) is 0 Å². The summed E-state index contributed by atoms with van der Waals surface area (Å²) >= 11 is 0. The van der Waals surface area contributed by atoms with Crippen molar-refractivity contribution in [3.05, 3.63) is 24.3 Å². The van der Waals surface area contributed by atoms with Gasteiger partial charge < -0.3 is 14.6 Å². The third-order valence-electron chi connectivity index (χ3n) is 3.73. The molecule has 0 saturated carbocycles. The molecule has 0 aromatic rings. The van der Waals surface area contributed by atoms with E-state index in [2.05, 4.69) is 6.58 Å². The summed E-state index contributed by atoms with van der Waals surface area (Å²) in [6.45, 7) is 7.40. The standard InChI is InChI=1S/C15H20O5/c1-9-6-12(20-13(9)16)7-15(3,18)5-4-11-8-19-14(17)10(11)2/h4-5,9,11-12,18H,2,6-8H2,1,3H3. The van der Waals surface area contributed by atoms with Crippen LogP contribution in [0.4, 0.5) is 0 Å². The summed E-state index contributed by atoms with van der Waals surface area (Å²) in [5.41, 5.74) is -0.695. The van der Waals surface area contributed by atoms with Crippen LogP contribution < -0.4 is 0 Å². The molecule has 110 valence electrons. The van der Waals surface area contributed by atoms with E-state index in [1.807, 2.05) is 6.92 Å². The van der Waals surface area contributed by atoms with E-state index in [4.69, 9.17) is 9.47 Å². The molecule has 0 spiro atoms. The minimum atomic E-state index is -1.10. The van der Waals surface area contributed by atoms with Gasteiger partial charge >= 0.3 is 11.9 Å². The number of aliphatic hydroxyl groups is 1. The molecule has 20 heavy (non-hydrogen) atoms. The van der Waals surface area contributed by atoms with E-state index in [1.54, 1.807) is 19.1 Å². The summed E-state index contributed by atoms with van der Waals surface area (Å²) in [6, 6.07) is 0. The highest BCUT2D eigenvalue weighted by atomic mass is 16.6. The minimum absolute atomic E-state index is 0.111. The molecule has 2 rings (SSSR count). The molecule has 1 N–H and O–H groups in total. The van der Waals surface area contributed by atoms with Gasteiger partial charge in [-0.2, -0.15) is 0 Å². The van der Waals surface area contributed by atoms with Crippen LogP contribution in [0.1, 0.15) is 26.7 Å². The molecule has 4 atom stereocenters. The smallest absolute Gasteiger partial charge is 0.334 e. The zero-order chi connectivity index (χ0) is 14.9. The number of esters is 2. The zero-order valence-electron chi connectivity index (χ0n) is 11.8. The number of carbonyl (C=O) groups excluding carboxylic acids is 2. The van der Waals surface area contributed by atoms with Crippen molar-refractivity contribution < 1.29 is 24.2 Å². The fraction of sp³-hybridized carbons (Fsp3) is 0.600. The highest BCUT2D eigenvalue weighted by Gasteiger charge is 2.35. The van der Waals surface area contributed by atoms with Crippen LogP contribution in [0.2, 0.25) is 0 Å². The fourth-order valence-electron chi connectivity index (χ4n) is 2.48. The molecule has 2 saturated heterocycles. The largest absolute Gasteiger partial charge is 0.462 e. The first-order valence-electron chi connectivity index (χ1n) is 6.76. The molecule has 5 nitrogen and oxygen atoms in total. The average molecular weight is 280 g/mol. The summed E-state index contributed by atoms with van der Waals surface area (Å²) in [6.07, 6.45) is 4.06. The Morgan fingerprint density at radius 1 is 1.50 bits per heavy atom. The van der Waals surface area contributed by atoms with Gasteiger partial charge in [-0.05, 0) is 13.3 Å². The van der Waals surface area contributed by atoms with Crippen LogP contribution in [0.5, 0.6) is 0 Å². The van der Waals surface area contributed by atoms with E-state index in [0.29, 0.717) is 18.4 Å². The average Bonchev–Trinajstić information content (AvgIpc) is 2.82. The van der Waals surface area contributed by atoms with Gasteiger partial charge in [-0.25, -0.2) is 4.79 Å². The van der Waals surface area contributed by atoms with Gasteiger partial charge in [0.2, 0.25) is 0 Å². The fourth-order valence-corrected chi connectivity index (χ4v) is 2.48. The summed E-state index contributed by atoms with van der Waals surface area (Å²) in [5, 5.41) is 10.3. The van der Waals surface area contributed by atoms with Gasteiger partial charge in [0, 0.05) is 17.9 Å². The lowest BCUT2D eigenvalue weighted by molar-refractivity contribution is -0.145. The predicted octanol–water partition coefficient (Wildman–Crippen LogP) is 1.36. The molecule has 4 unspecified atom stereocenters. The topological polar surface area (TPSA) is 72.8 Å². The maximum atomic E-state index is 11.3. The molecule has 2 aliphatic heterocycles. The Hall–Kier alpha value is -1.62. The monoisotopic (exact) mass is 280 g/mol. The molecular formula is C15H20O5. The zero-order valence-corrected chi connectivity index (χ0v) is 11.8. The molecule has 5 heteroatoms. The van der Waals surface area contributed by atoms with Gasteiger partial charge in [-0.15, -0.1) is 0 Å². The first-order valence-corrected chi connectivity index (χ1v) is 6.76. The maximum absolute atomic E-state index is 11.3. The van der Waals surface area contributed by atoms with Crippen molar-refractivity contribution in [1.29, 1.82) is 0 Å². The molecule has 0 aromatic carbocycles. The van der Waals surface area contributed by atoms with Gasteiger partial charge in [0.05, 0.1) is 11.5 Å². The van der Waals surface area contributed by atoms with Crippen molar-refractivity contribution in [2.75, 3.05) is 6.61 Å². The van der Waals surface area contributed by atoms with Gasteiger partial charge in [-0.3, -0.25) is 4.79 Å². The van der Waals surface area contributed by atoms with Crippen molar-refractivity contribution >= 4 is 11.9 Å². The number of hydrogen-bond donors (Lipinski definition) is 1. The van der Waals surface area contributed by atoms with Gasteiger partial charge in [-0.1, -0.05) is 25.7 Å². The van der Waals surface area contributed by atoms with E-state index < -0.39 is 11.6 Å². The SMILES string of the molecule is C=C1C(=O)OCC1C=CC(C)(O)CC1CC(C)C(=O)O1. The minimum Gasteiger partial charge on any atom is -0.462 e. The first kappa shape index (κ1) is 14.8. The Morgan fingerprint density at radius 3 is 2.70 bits per heavy atom. The maximum Gasteiger partial charge on any atom is 0.334 e. The van der Waals surface area contributed by atoms with Crippen molar-refractivity contribution in [3.8, 4) is 0 Å². The molecule has 0 radical (unpaired) electrons. The van der Waals surface area contributed by atoms with Crippen LogP contribution in [0.15, 0.2) is 24.3 Å². The van der Waals surface area contributed by atoms with Crippen LogP contribution in [0.3, 0.4) is 0 Å². The molecule has 0 amide bonds. The Balaban J connectivity index is 1.92. The molecule has 0 aromatic heterocycles. The van der Waals surface area contributed by atoms with Gasteiger partial charge in [0.15, 0.2) is 0 Å².